The maximum Gasteiger partial charge on any atom is 0.331 e. The number of aromatic amines is 1. The van der Waals surface area contributed by atoms with Crippen molar-refractivity contribution in [3.63, 3.8) is 0 Å². The second-order valence-corrected chi connectivity index (χ2v) is 10.6. The third-order valence-electron chi connectivity index (χ3n) is 7.20. The highest BCUT2D eigenvalue weighted by molar-refractivity contribution is 5.93. The van der Waals surface area contributed by atoms with Crippen LogP contribution in [0.5, 0.6) is 0 Å². The summed E-state index contributed by atoms with van der Waals surface area (Å²) < 4.78 is 0. The molecule has 44 heavy (non-hydrogen) atoms. The first-order chi connectivity index (χ1) is 21.2. The highest BCUT2D eigenvalue weighted by atomic mass is 16.4. The number of rotatable bonds is 7. The van der Waals surface area contributed by atoms with Gasteiger partial charge in [0.1, 0.15) is 11.3 Å². The monoisotopic (exact) mass is 588 g/mol. The van der Waals surface area contributed by atoms with E-state index in [2.05, 4.69) is 62.5 Å². The number of nitrogens with one attached hydrogen (secondary N) is 2. The van der Waals surface area contributed by atoms with Crippen LogP contribution in [0.4, 0.5) is 5.69 Å². The van der Waals surface area contributed by atoms with E-state index in [1.807, 2.05) is 49.8 Å². The first-order valence-electron chi connectivity index (χ1n) is 14.1. The molecule has 4 aromatic heterocycles. The molecule has 0 saturated carbocycles. The molecule has 0 spiro atoms. The van der Waals surface area contributed by atoms with Gasteiger partial charge in [-0.25, -0.2) is 19.7 Å². The molecule has 0 bridgehead atoms. The molecule has 10 heteroatoms. The number of pyridine rings is 2. The van der Waals surface area contributed by atoms with Gasteiger partial charge in [0.25, 0.3) is 0 Å². The van der Waals surface area contributed by atoms with Crippen molar-refractivity contribution >= 4 is 28.7 Å². The number of carbonyl (C=O) groups is 2. The minimum Gasteiger partial charge on any atom is -0.481 e. The first kappa shape index (κ1) is 29.8. The second-order valence-electron chi connectivity index (χ2n) is 10.6. The number of aryl methyl sites for hydroxylation is 1. The third-order valence-corrected chi connectivity index (χ3v) is 7.20. The molecular formula is C34H32N6O4. The number of fused-ring (bicyclic) bond motifs is 1. The van der Waals surface area contributed by atoms with Crippen LogP contribution in [0.15, 0.2) is 97.0 Å². The van der Waals surface area contributed by atoms with Crippen molar-refractivity contribution in [1.29, 1.82) is 0 Å². The van der Waals surface area contributed by atoms with Gasteiger partial charge in [-0.1, -0.05) is 36.4 Å². The molecule has 0 fully saturated rings. The molecular weight excluding hydrogens is 556 g/mol. The Morgan fingerprint density at radius 1 is 0.977 bits per heavy atom. The maximum atomic E-state index is 10.8. The largest absolute Gasteiger partial charge is 0.481 e. The predicted octanol–water partition coefficient (Wildman–Crippen LogP) is 6.54. The maximum absolute atomic E-state index is 10.8. The zero-order chi connectivity index (χ0) is 31.3. The summed E-state index contributed by atoms with van der Waals surface area (Å²) in [6.07, 6.45) is 10.0. The van der Waals surface area contributed by atoms with E-state index in [1.54, 1.807) is 0 Å². The van der Waals surface area contributed by atoms with Crippen LogP contribution in [0.1, 0.15) is 26.0 Å². The predicted molar refractivity (Wildman–Crippen MR) is 170 cm³/mol. The zero-order valence-electron chi connectivity index (χ0n) is 24.6. The lowest BCUT2D eigenvalue weighted by molar-refractivity contribution is -0.145. The molecule has 0 amide bonds. The van der Waals surface area contributed by atoms with Crippen molar-refractivity contribution in [2.45, 2.75) is 27.2 Å². The van der Waals surface area contributed by atoms with Gasteiger partial charge in [0.15, 0.2) is 5.82 Å². The highest BCUT2D eigenvalue weighted by Crippen LogP contribution is 2.32. The zero-order valence-corrected chi connectivity index (χ0v) is 24.6. The number of nitrogens with zero attached hydrogens (tertiary/aromatic N) is 4. The van der Waals surface area contributed by atoms with Gasteiger partial charge in [0, 0.05) is 58.6 Å². The quantitative estimate of drug-likeness (QED) is 0.166. The van der Waals surface area contributed by atoms with Crippen LogP contribution in [0, 0.1) is 12.3 Å². The SMILES string of the molecule is CC1(C(=O)O)C=CC=C(C(=O)O)C1.CCNc1cccc(-c2cncc(-c3nc(-c4cccc(C)n4)nc4[nH]ccc34)c2)c1. The summed E-state index contributed by atoms with van der Waals surface area (Å²) in [4.78, 5) is 43.2. The molecule has 0 aliphatic heterocycles. The number of benzene rings is 1. The lowest BCUT2D eigenvalue weighted by atomic mass is 9.80. The smallest absolute Gasteiger partial charge is 0.331 e. The number of allylic oxidation sites excluding steroid dienone is 2. The Kier molecular flexibility index (Phi) is 8.61. The van der Waals surface area contributed by atoms with Gasteiger partial charge >= 0.3 is 11.9 Å². The molecule has 6 rings (SSSR count). The second kappa shape index (κ2) is 12.7. The fraction of sp³-hybridized carbons (Fsp3) is 0.176. The molecule has 1 aliphatic rings. The lowest BCUT2D eigenvalue weighted by Crippen LogP contribution is -2.28. The topological polar surface area (TPSA) is 154 Å². The molecule has 1 unspecified atom stereocenters. The van der Waals surface area contributed by atoms with Crippen LogP contribution in [-0.2, 0) is 9.59 Å². The molecule has 10 nitrogen and oxygen atoms in total. The third kappa shape index (κ3) is 6.54. The van der Waals surface area contributed by atoms with E-state index >= 15 is 0 Å². The molecule has 0 saturated heterocycles. The summed E-state index contributed by atoms with van der Waals surface area (Å²) >= 11 is 0. The lowest BCUT2D eigenvalue weighted by Gasteiger charge is -2.23. The van der Waals surface area contributed by atoms with Gasteiger partial charge in [-0.2, -0.15) is 0 Å². The summed E-state index contributed by atoms with van der Waals surface area (Å²) in [6, 6.07) is 18.3. The van der Waals surface area contributed by atoms with Crippen molar-refractivity contribution in [3.8, 4) is 33.9 Å². The summed E-state index contributed by atoms with van der Waals surface area (Å²) in [5.41, 5.74) is 6.52. The molecule has 1 aromatic carbocycles. The average molecular weight is 589 g/mol. The van der Waals surface area contributed by atoms with Crippen molar-refractivity contribution in [2.24, 2.45) is 5.41 Å². The standard InChI is InChI=1S/C25H22N6.C9H10O4/c1-3-27-20-8-5-7-17(13-20)18-12-19(15-26-14-18)23-21-10-11-28-24(21)31-25(30-23)22-9-4-6-16(2)29-22;1-9(8(12)13)4-2-3-6(5-9)7(10)11/h4-15,27H,3H2,1-2H3,(H,28,30,31);2-4H,5H2,1H3,(H,10,11)(H,12,13). The summed E-state index contributed by atoms with van der Waals surface area (Å²) in [5, 5.41) is 21.8. The van der Waals surface area contributed by atoms with Gasteiger partial charge in [0.05, 0.1) is 11.1 Å². The van der Waals surface area contributed by atoms with Crippen molar-refractivity contribution < 1.29 is 19.8 Å². The Morgan fingerprint density at radius 3 is 2.52 bits per heavy atom. The van der Waals surface area contributed by atoms with E-state index in [0.717, 1.165) is 57.0 Å². The number of hydrogen-bond donors (Lipinski definition) is 4. The summed E-state index contributed by atoms with van der Waals surface area (Å²) in [6.45, 7) is 6.44. The summed E-state index contributed by atoms with van der Waals surface area (Å²) in [7, 11) is 0. The van der Waals surface area contributed by atoms with Crippen molar-refractivity contribution in [3.05, 3.63) is 103 Å². The number of H-pyrrole nitrogens is 1. The Hall–Kier alpha value is -5.64. The number of hydrogen-bond acceptors (Lipinski definition) is 7. The van der Waals surface area contributed by atoms with E-state index in [1.165, 1.54) is 25.2 Å². The minimum absolute atomic E-state index is 0.0359. The molecule has 0 radical (unpaired) electrons. The van der Waals surface area contributed by atoms with Gasteiger partial charge < -0.3 is 20.5 Å². The van der Waals surface area contributed by atoms with E-state index in [9.17, 15) is 9.59 Å². The summed E-state index contributed by atoms with van der Waals surface area (Å²) in [5.74, 6) is -1.47. The van der Waals surface area contributed by atoms with Crippen molar-refractivity contribution in [1.82, 2.24) is 24.9 Å². The number of carboxylic acids is 2. The van der Waals surface area contributed by atoms with E-state index < -0.39 is 17.4 Å². The van der Waals surface area contributed by atoms with E-state index in [4.69, 9.17) is 15.2 Å². The fourth-order valence-corrected chi connectivity index (χ4v) is 4.87. The molecule has 5 aromatic rings. The molecule has 1 aliphatic carbocycles. The highest BCUT2D eigenvalue weighted by Gasteiger charge is 2.34. The van der Waals surface area contributed by atoms with Gasteiger partial charge in [0.2, 0.25) is 0 Å². The van der Waals surface area contributed by atoms with Crippen LogP contribution >= 0.6 is 0 Å². The number of aliphatic carboxylic acids is 2. The van der Waals surface area contributed by atoms with Crippen LogP contribution in [0.2, 0.25) is 0 Å². The molecule has 4 N–H and O–H groups in total. The normalized spacial score (nSPS) is 15.7. The fourth-order valence-electron chi connectivity index (χ4n) is 4.87. The van der Waals surface area contributed by atoms with E-state index in [-0.39, 0.29) is 12.0 Å². The van der Waals surface area contributed by atoms with Crippen LogP contribution in [0.25, 0.3) is 44.9 Å². The van der Waals surface area contributed by atoms with Crippen molar-refractivity contribution in [2.75, 3.05) is 11.9 Å². The van der Waals surface area contributed by atoms with Crippen LogP contribution < -0.4 is 5.32 Å². The Bertz CT molecular complexity index is 1910. The van der Waals surface area contributed by atoms with Gasteiger partial charge in [-0.15, -0.1) is 0 Å². The van der Waals surface area contributed by atoms with Crippen LogP contribution in [0.3, 0.4) is 0 Å². The average Bonchev–Trinajstić information content (AvgIpc) is 3.50. The Labute approximate surface area is 254 Å². The van der Waals surface area contributed by atoms with E-state index in [0.29, 0.717) is 5.82 Å². The number of aromatic nitrogens is 5. The van der Waals surface area contributed by atoms with Gasteiger partial charge in [-0.05, 0) is 69.2 Å². The van der Waals surface area contributed by atoms with Crippen LogP contribution in [-0.4, -0.2) is 53.6 Å². The molecule has 4 heterocycles. The number of carboxylic acid groups (broad SMARTS) is 2. The van der Waals surface area contributed by atoms with Gasteiger partial charge in [-0.3, -0.25) is 9.78 Å². The number of anilines is 1. The first-order valence-corrected chi connectivity index (χ1v) is 14.1. The Morgan fingerprint density at radius 2 is 1.77 bits per heavy atom. The Balaban J connectivity index is 0.000000249. The molecule has 1 atom stereocenters. The minimum atomic E-state index is -1.08. The molecule has 222 valence electrons.